The van der Waals surface area contributed by atoms with Gasteiger partial charge in [-0.1, -0.05) is 0 Å². The lowest BCUT2D eigenvalue weighted by Gasteiger charge is -2.25. The summed E-state index contributed by atoms with van der Waals surface area (Å²) < 4.78 is 1.72. The van der Waals surface area contributed by atoms with Crippen LogP contribution >= 0.6 is 0 Å². The molecule has 3 N–H and O–H groups in total. The van der Waals surface area contributed by atoms with E-state index < -0.39 is 6.04 Å². The molecule has 0 aliphatic rings. The van der Waals surface area contributed by atoms with Crippen molar-refractivity contribution in [1.29, 1.82) is 0 Å². The number of carbonyl (C=O) groups is 1. The number of hydrogen-bond acceptors (Lipinski definition) is 4. The number of carbonyl (C=O) groups excluding carboxylic acids is 1. The molecule has 6 nitrogen and oxygen atoms in total. The summed E-state index contributed by atoms with van der Waals surface area (Å²) in [7, 11) is 0. The number of rotatable bonds is 6. The summed E-state index contributed by atoms with van der Waals surface area (Å²) in [6.07, 6.45) is 3.17. The van der Waals surface area contributed by atoms with Crippen LogP contribution in [-0.4, -0.2) is 45.2 Å². The van der Waals surface area contributed by atoms with Gasteiger partial charge in [0.15, 0.2) is 0 Å². The van der Waals surface area contributed by atoms with Crippen molar-refractivity contribution in [3.05, 3.63) is 18.2 Å². The standard InChI is InChI=1S/C12H22N4O2/c1-4-15(5-2)12(18)9(3)16-8-14-6-11(16)10(13)7-17/h6,8-10,17H,4-5,7,13H2,1-3H3. The summed E-state index contributed by atoms with van der Waals surface area (Å²) >= 11 is 0. The Kier molecular flexibility index (Phi) is 5.30. The number of aromatic nitrogens is 2. The minimum absolute atomic E-state index is 0.0318. The fourth-order valence-electron chi connectivity index (χ4n) is 1.94. The second-order valence-electron chi connectivity index (χ2n) is 4.20. The molecule has 2 atom stereocenters. The van der Waals surface area contributed by atoms with Gasteiger partial charge < -0.3 is 20.3 Å². The van der Waals surface area contributed by atoms with Gasteiger partial charge in [-0.05, 0) is 20.8 Å². The third kappa shape index (κ3) is 2.88. The zero-order valence-corrected chi connectivity index (χ0v) is 11.2. The Balaban J connectivity index is 2.93. The van der Waals surface area contributed by atoms with E-state index in [4.69, 9.17) is 10.8 Å². The average Bonchev–Trinajstić information content (AvgIpc) is 2.87. The van der Waals surface area contributed by atoms with Crippen LogP contribution in [0.5, 0.6) is 0 Å². The number of likely N-dealkylation sites (N-methyl/N-ethyl adjacent to an activating group) is 1. The predicted octanol–water partition coefficient (Wildman–Crippen LogP) is 0.305. The number of aliphatic hydroxyl groups excluding tert-OH is 1. The molecule has 18 heavy (non-hydrogen) atoms. The summed E-state index contributed by atoms with van der Waals surface area (Å²) in [4.78, 5) is 18.0. The molecule has 0 aliphatic carbocycles. The first-order valence-electron chi connectivity index (χ1n) is 6.23. The van der Waals surface area contributed by atoms with E-state index in [1.165, 1.54) is 0 Å². The zero-order chi connectivity index (χ0) is 13.7. The SMILES string of the molecule is CCN(CC)C(=O)C(C)n1cncc1C(N)CO. The van der Waals surface area contributed by atoms with Gasteiger partial charge in [-0.15, -0.1) is 0 Å². The first kappa shape index (κ1) is 14.7. The maximum absolute atomic E-state index is 12.2. The molecule has 0 bridgehead atoms. The Hall–Kier alpha value is -1.40. The van der Waals surface area contributed by atoms with Crippen LogP contribution in [0.25, 0.3) is 0 Å². The first-order valence-corrected chi connectivity index (χ1v) is 6.23. The minimum Gasteiger partial charge on any atom is -0.394 e. The van der Waals surface area contributed by atoms with Crippen molar-refractivity contribution in [1.82, 2.24) is 14.5 Å². The van der Waals surface area contributed by atoms with Gasteiger partial charge in [0.25, 0.3) is 0 Å². The second-order valence-corrected chi connectivity index (χ2v) is 4.20. The van der Waals surface area contributed by atoms with Gasteiger partial charge in [0.2, 0.25) is 5.91 Å². The van der Waals surface area contributed by atoms with Crippen molar-refractivity contribution in [2.75, 3.05) is 19.7 Å². The third-order valence-electron chi connectivity index (χ3n) is 3.12. The predicted molar refractivity (Wildman–Crippen MR) is 68.9 cm³/mol. The molecule has 0 saturated heterocycles. The van der Waals surface area contributed by atoms with Gasteiger partial charge in [-0.2, -0.15) is 0 Å². The number of nitrogens with two attached hydrogens (primary N) is 1. The summed E-state index contributed by atoms with van der Waals surface area (Å²) in [5, 5.41) is 9.09. The molecular formula is C12H22N4O2. The fraction of sp³-hybridized carbons (Fsp3) is 0.667. The van der Waals surface area contributed by atoms with E-state index in [9.17, 15) is 4.79 Å². The lowest BCUT2D eigenvalue weighted by atomic mass is 10.2. The average molecular weight is 254 g/mol. The highest BCUT2D eigenvalue weighted by molar-refractivity contribution is 5.80. The molecule has 2 unspecified atom stereocenters. The van der Waals surface area contributed by atoms with Gasteiger partial charge in [0.1, 0.15) is 6.04 Å². The van der Waals surface area contributed by atoms with E-state index >= 15 is 0 Å². The maximum Gasteiger partial charge on any atom is 0.245 e. The molecule has 0 aliphatic heterocycles. The summed E-state index contributed by atoms with van der Waals surface area (Å²) in [6.45, 7) is 6.89. The number of nitrogens with zero attached hydrogens (tertiary/aromatic N) is 3. The maximum atomic E-state index is 12.2. The monoisotopic (exact) mass is 254 g/mol. The Labute approximate surface area is 107 Å². The van der Waals surface area contributed by atoms with Crippen molar-refractivity contribution in [2.24, 2.45) is 5.73 Å². The molecular weight excluding hydrogens is 232 g/mol. The Morgan fingerprint density at radius 1 is 1.56 bits per heavy atom. The lowest BCUT2D eigenvalue weighted by Crippen LogP contribution is -2.36. The minimum atomic E-state index is -0.514. The fourth-order valence-corrected chi connectivity index (χ4v) is 1.94. The van der Waals surface area contributed by atoms with E-state index in [-0.39, 0.29) is 18.6 Å². The molecule has 1 heterocycles. The van der Waals surface area contributed by atoms with Crippen LogP contribution in [-0.2, 0) is 4.79 Å². The topological polar surface area (TPSA) is 84.4 Å². The lowest BCUT2D eigenvalue weighted by molar-refractivity contribution is -0.133. The van der Waals surface area contributed by atoms with Crippen molar-refractivity contribution < 1.29 is 9.90 Å². The normalized spacial score (nSPS) is 14.3. The Morgan fingerprint density at radius 3 is 2.67 bits per heavy atom. The smallest absolute Gasteiger partial charge is 0.245 e. The van der Waals surface area contributed by atoms with Gasteiger partial charge in [0, 0.05) is 19.3 Å². The zero-order valence-electron chi connectivity index (χ0n) is 11.2. The van der Waals surface area contributed by atoms with Crippen LogP contribution in [0.2, 0.25) is 0 Å². The van der Waals surface area contributed by atoms with E-state index in [2.05, 4.69) is 4.98 Å². The number of imidazole rings is 1. The summed E-state index contributed by atoms with van der Waals surface area (Å²) in [5.41, 5.74) is 6.45. The Morgan fingerprint density at radius 2 is 2.17 bits per heavy atom. The molecule has 0 spiro atoms. The van der Waals surface area contributed by atoms with Gasteiger partial charge >= 0.3 is 0 Å². The quantitative estimate of drug-likeness (QED) is 0.765. The van der Waals surface area contributed by atoms with Crippen LogP contribution in [0.15, 0.2) is 12.5 Å². The number of amides is 1. The third-order valence-corrected chi connectivity index (χ3v) is 3.12. The molecule has 1 aromatic rings. The van der Waals surface area contributed by atoms with Crippen LogP contribution in [0.4, 0.5) is 0 Å². The molecule has 1 amide bonds. The molecule has 1 aromatic heterocycles. The van der Waals surface area contributed by atoms with Gasteiger partial charge in [0.05, 0.1) is 24.7 Å². The first-order chi connectivity index (χ1) is 8.56. The molecule has 6 heteroatoms. The van der Waals surface area contributed by atoms with Crippen molar-refractivity contribution in [3.8, 4) is 0 Å². The van der Waals surface area contributed by atoms with Gasteiger partial charge in [-0.3, -0.25) is 4.79 Å². The van der Waals surface area contributed by atoms with Crippen LogP contribution < -0.4 is 5.73 Å². The molecule has 0 radical (unpaired) electrons. The molecule has 0 fully saturated rings. The molecule has 1 rings (SSSR count). The summed E-state index contributed by atoms with van der Waals surface area (Å²) in [5.74, 6) is 0.0318. The largest absolute Gasteiger partial charge is 0.394 e. The van der Waals surface area contributed by atoms with E-state index in [1.807, 2.05) is 20.8 Å². The van der Waals surface area contributed by atoms with Crippen LogP contribution in [0.1, 0.15) is 38.5 Å². The van der Waals surface area contributed by atoms with E-state index in [1.54, 1.807) is 22.0 Å². The Bertz CT molecular complexity index is 387. The van der Waals surface area contributed by atoms with E-state index in [0.29, 0.717) is 18.8 Å². The second kappa shape index (κ2) is 6.51. The van der Waals surface area contributed by atoms with E-state index in [0.717, 1.165) is 0 Å². The van der Waals surface area contributed by atoms with Crippen molar-refractivity contribution in [3.63, 3.8) is 0 Å². The van der Waals surface area contributed by atoms with Crippen molar-refractivity contribution >= 4 is 5.91 Å². The molecule has 0 aromatic carbocycles. The highest BCUT2D eigenvalue weighted by Gasteiger charge is 2.23. The number of hydrogen-bond donors (Lipinski definition) is 2. The van der Waals surface area contributed by atoms with Crippen molar-refractivity contribution in [2.45, 2.75) is 32.9 Å². The molecule has 102 valence electrons. The van der Waals surface area contributed by atoms with Gasteiger partial charge in [-0.25, -0.2) is 4.98 Å². The summed E-state index contributed by atoms with van der Waals surface area (Å²) in [6, 6.07) is -0.876. The number of aliphatic hydroxyl groups is 1. The van der Waals surface area contributed by atoms with Crippen LogP contribution in [0.3, 0.4) is 0 Å². The van der Waals surface area contributed by atoms with Crippen LogP contribution in [0, 0.1) is 0 Å². The highest BCUT2D eigenvalue weighted by atomic mass is 16.3. The highest BCUT2D eigenvalue weighted by Crippen LogP contribution is 2.17. The molecule has 0 saturated carbocycles.